The van der Waals surface area contributed by atoms with Crippen LogP contribution in [-0.4, -0.2) is 27.7 Å². The maximum atomic E-state index is 13.1. The van der Waals surface area contributed by atoms with Gasteiger partial charge < -0.3 is 10.1 Å². The van der Waals surface area contributed by atoms with Crippen LogP contribution in [0.3, 0.4) is 0 Å². The van der Waals surface area contributed by atoms with Gasteiger partial charge in [-0.1, -0.05) is 19.9 Å². The average molecular weight is 407 g/mol. The first kappa shape index (κ1) is 18.1. The van der Waals surface area contributed by atoms with Crippen molar-refractivity contribution in [2.75, 3.05) is 12.4 Å². The Balaban J connectivity index is 1.63. The van der Waals surface area contributed by atoms with Gasteiger partial charge in [0.05, 0.1) is 7.11 Å². The number of rotatable bonds is 3. The van der Waals surface area contributed by atoms with Crippen LogP contribution in [0.1, 0.15) is 37.6 Å². The van der Waals surface area contributed by atoms with Crippen LogP contribution in [0, 0.1) is 5.41 Å². The number of hydrogen-bond acceptors (Lipinski definition) is 6. The molecule has 0 fully saturated rings. The van der Waals surface area contributed by atoms with Gasteiger partial charge in [-0.2, -0.15) is 4.98 Å². The Morgan fingerprint density at radius 3 is 2.69 bits per heavy atom. The van der Waals surface area contributed by atoms with Gasteiger partial charge in [-0.3, -0.25) is 4.79 Å². The first-order chi connectivity index (χ1) is 13.9. The van der Waals surface area contributed by atoms with Gasteiger partial charge in [0, 0.05) is 28.1 Å². The predicted octanol–water partition coefficient (Wildman–Crippen LogP) is 4.67. The fraction of sp³-hybridized carbons (Fsp3) is 0.318. The molecule has 0 radical (unpaired) electrons. The van der Waals surface area contributed by atoms with Crippen LogP contribution in [0.2, 0.25) is 0 Å². The van der Waals surface area contributed by atoms with Crippen LogP contribution in [0.5, 0.6) is 5.75 Å². The fourth-order valence-electron chi connectivity index (χ4n) is 4.18. The zero-order valence-electron chi connectivity index (χ0n) is 16.6. The summed E-state index contributed by atoms with van der Waals surface area (Å²) in [7, 11) is 1.65. The van der Waals surface area contributed by atoms with E-state index in [4.69, 9.17) is 14.8 Å². The van der Waals surface area contributed by atoms with Crippen molar-refractivity contribution in [2.45, 2.75) is 32.7 Å². The van der Waals surface area contributed by atoms with Crippen molar-refractivity contribution >= 4 is 23.1 Å². The number of carbonyl (C=O) groups is 1. The minimum Gasteiger partial charge on any atom is -0.497 e. The molecular weight excluding hydrogens is 384 g/mol. The first-order valence-electron chi connectivity index (χ1n) is 9.63. The number of allylic oxidation sites excluding steroid dienone is 2. The quantitative estimate of drug-likeness (QED) is 0.684. The summed E-state index contributed by atoms with van der Waals surface area (Å²) in [5, 5.41) is 10.3. The van der Waals surface area contributed by atoms with Gasteiger partial charge in [0.1, 0.15) is 11.8 Å². The van der Waals surface area contributed by atoms with Crippen LogP contribution < -0.4 is 10.1 Å². The average Bonchev–Trinajstić information content (AvgIpc) is 3.35. The van der Waals surface area contributed by atoms with E-state index in [1.165, 1.54) is 0 Å². The molecule has 1 atom stereocenters. The Kier molecular flexibility index (Phi) is 4.10. The van der Waals surface area contributed by atoms with Crippen LogP contribution in [0.15, 0.2) is 53.0 Å². The summed E-state index contributed by atoms with van der Waals surface area (Å²) in [6, 6.07) is 11.5. The van der Waals surface area contributed by atoms with E-state index in [-0.39, 0.29) is 17.2 Å². The zero-order chi connectivity index (χ0) is 20.2. The summed E-state index contributed by atoms with van der Waals surface area (Å²) >= 11 is 1.64. The van der Waals surface area contributed by atoms with E-state index in [2.05, 4.69) is 25.2 Å². The van der Waals surface area contributed by atoms with E-state index in [1.54, 1.807) is 18.4 Å². The van der Waals surface area contributed by atoms with Crippen molar-refractivity contribution in [1.29, 1.82) is 0 Å². The van der Waals surface area contributed by atoms with Crippen LogP contribution in [0.4, 0.5) is 5.95 Å². The molecule has 2 aromatic heterocycles. The second-order valence-corrected chi connectivity index (χ2v) is 9.29. The molecule has 7 heteroatoms. The molecule has 148 valence electrons. The number of anilines is 1. The number of benzene rings is 1. The lowest BCUT2D eigenvalue weighted by Crippen LogP contribution is -2.36. The van der Waals surface area contributed by atoms with E-state index >= 15 is 0 Å². The van der Waals surface area contributed by atoms with Crippen molar-refractivity contribution < 1.29 is 9.53 Å². The van der Waals surface area contributed by atoms with Gasteiger partial charge in [-0.25, -0.2) is 4.68 Å². The van der Waals surface area contributed by atoms with E-state index in [1.807, 2.05) is 40.4 Å². The van der Waals surface area contributed by atoms with Crippen molar-refractivity contribution in [3.8, 4) is 17.1 Å². The lowest BCUT2D eigenvalue weighted by molar-refractivity contribution is -0.118. The van der Waals surface area contributed by atoms with Gasteiger partial charge in [0.15, 0.2) is 11.6 Å². The molecule has 3 heterocycles. The highest BCUT2D eigenvalue weighted by Crippen LogP contribution is 2.46. The lowest BCUT2D eigenvalue weighted by Gasteiger charge is -2.37. The number of ketones is 1. The number of nitrogens with one attached hydrogen (secondary N) is 1. The number of ether oxygens (including phenoxy) is 1. The number of Topliss-reactive ketones (excluding diaryl/α,β-unsaturated/α-hetero) is 1. The molecule has 1 aliphatic heterocycles. The molecule has 1 aliphatic carbocycles. The summed E-state index contributed by atoms with van der Waals surface area (Å²) in [6.45, 7) is 4.28. The summed E-state index contributed by atoms with van der Waals surface area (Å²) in [5.41, 5.74) is 2.64. The first-order valence-corrected chi connectivity index (χ1v) is 10.5. The molecule has 2 aliphatic rings. The highest BCUT2D eigenvalue weighted by atomic mass is 32.1. The van der Waals surface area contributed by atoms with Gasteiger partial charge in [-0.15, -0.1) is 16.4 Å². The van der Waals surface area contributed by atoms with Gasteiger partial charge in [-0.05, 0) is 47.5 Å². The van der Waals surface area contributed by atoms with E-state index in [0.29, 0.717) is 18.2 Å². The Morgan fingerprint density at radius 2 is 2.00 bits per heavy atom. The Labute approximate surface area is 173 Å². The highest BCUT2D eigenvalue weighted by molar-refractivity contribution is 7.10. The molecule has 6 nitrogen and oxygen atoms in total. The van der Waals surface area contributed by atoms with E-state index < -0.39 is 0 Å². The third-order valence-corrected chi connectivity index (χ3v) is 6.42. The molecule has 0 saturated heterocycles. The van der Waals surface area contributed by atoms with Crippen molar-refractivity contribution in [2.24, 2.45) is 5.41 Å². The number of fused-ring (bicyclic) bond motifs is 1. The summed E-state index contributed by atoms with van der Waals surface area (Å²) in [5.74, 6) is 2.29. The lowest BCUT2D eigenvalue weighted by atomic mass is 9.73. The third kappa shape index (κ3) is 3.06. The Bertz CT molecular complexity index is 1110. The summed E-state index contributed by atoms with van der Waals surface area (Å²) in [6.07, 6.45) is 1.37. The standard InChI is InChI=1S/C22H22N4O2S/c1-22(2)11-15-18(16(27)12-22)19(17-5-4-10-29-17)26-21(23-15)24-20(25-26)13-6-8-14(28-3)9-7-13/h4-10,19H,11-12H2,1-3H3,(H,23,24,25). The van der Waals surface area contributed by atoms with Crippen molar-refractivity contribution in [3.63, 3.8) is 0 Å². The van der Waals surface area contributed by atoms with Crippen molar-refractivity contribution in [1.82, 2.24) is 14.8 Å². The molecule has 1 unspecified atom stereocenters. The molecular formula is C22H22N4O2S. The van der Waals surface area contributed by atoms with Gasteiger partial charge in [0.2, 0.25) is 5.95 Å². The number of methoxy groups -OCH3 is 1. The normalized spacial score (nSPS) is 20.1. The number of carbonyl (C=O) groups excluding carboxylic acids is 1. The van der Waals surface area contributed by atoms with Gasteiger partial charge in [0.25, 0.3) is 0 Å². The zero-order valence-corrected chi connectivity index (χ0v) is 17.4. The van der Waals surface area contributed by atoms with Crippen LogP contribution in [0.25, 0.3) is 11.4 Å². The second kappa shape index (κ2) is 6.56. The number of aromatic nitrogens is 3. The van der Waals surface area contributed by atoms with Gasteiger partial charge >= 0.3 is 0 Å². The monoisotopic (exact) mass is 406 g/mol. The molecule has 0 bridgehead atoms. The smallest absolute Gasteiger partial charge is 0.226 e. The molecule has 3 aromatic rings. The third-order valence-electron chi connectivity index (χ3n) is 5.49. The van der Waals surface area contributed by atoms with E-state index in [9.17, 15) is 4.79 Å². The molecule has 0 amide bonds. The second-order valence-electron chi connectivity index (χ2n) is 8.31. The largest absolute Gasteiger partial charge is 0.497 e. The molecule has 1 N–H and O–H groups in total. The Morgan fingerprint density at radius 1 is 1.21 bits per heavy atom. The molecule has 0 spiro atoms. The van der Waals surface area contributed by atoms with Crippen LogP contribution >= 0.6 is 11.3 Å². The Hall–Kier alpha value is -2.93. The fourth-order valence-corrected chi connectivity index (χ4v) is 5.00. The number of nitrogens with zero attached hydrogens (tertiary/aromatic N) is 3. The maximum absolute atomic E-state index is 13.1. The SMILES string of the molecule is COc1ccc(-c2nc3n(n2)C(c2cccs2)C2=C(CC(C)(C)CC2=O)N3)cc1. The number of hydrogen-bond donors (Lipinski definition) is 1. The summed E-state index contributed by atoms with van der Waals surface area (Å²) < 4.78 is 7.11. The molecule has 0 saturated carbocycles. The molecule has 29 heavy (non-hydrogen) atoms. The number of thiophene rings is 1. The molecule has 5 rings (SSSR count). The molecule has 1 aromatic carbocycles. The van der Waals surface area contributed by atoms with Crippen LogP contribution in [-0.2, 0) is 4.79 Å². The van der Waals surface area contributed by atoms with E-state index in [0.717, 1.165) is 33.9 Å². The summed E-state index contributed by atoms with van der Waals surface area (Å²) in [4.78, 5) is 19.0. The van der Waals surface area contributed by atoms with Crippen molar-refractivity contribution in [3.05, 3.63) is 57.9 Å². The maximum Gasteiger partial charge on any atom is 0.226 e. The minimum absolute atomic E-state index is 0.0656. The predicted molar refractivity (Wildman–Crippen MR) is 113 cm³/mol. The highest BCUT2D eigenvalue weighted by Gasteiger charge is 2.42. The topological polar surface area (TPSA) is 69.0 Å². The minimum atomic E-state index is -0.232.